The summed E-state index contributed by atoms with van der Waals surface area (Å²) in [6.45, 7) is 3.75. The van der Waals surface area contributed by atoms with Gasteiger partial charge in [-0.05, 0) is 61.9 Å². The third-order valence-electron chi connectivity index (χ3n) is 5.16. The average Bonchev–Trinajstić information content (AvgIpc) is 3.14. The van der Waals surface area contributed by atoms with E-state index in [2.05, 4.69) is 26.9 Å². The van der Waals surface area contributed by atoms with Crippen molar-refractivity contribution in [3.05, 3.63) is 59.0 Å². The van der Waals surface area contributed by atoms with Crippen LogP contribution in [0.15, 0.2) is 41.5 Å². The number of aromatic hydroxyl groups is 1. The van der Waals surface area contributed by atoms with Crippen molar-refractivity contribution in [2.45, 2.75) is 45.7 Å². The summed E-state index contributed by atoms with van der Waals surface area (Å²) in [5.41, 5.74) is 4.39. The number of aryl methyl sites for hydroxylation is 1. The first-order valence-electron chi connectivity index (χ1n) is 9.89. The molecule has 0 unspecified atom stereocenters. The number of pyridine rings is 1. The normalized spacial score (nSPS) is 13.6. The van der Waals surface area contributed by atoms with Gasteiger partial charge >= 0.3 is 0 Å². The Morgan fingerprint density at radius 1 is 1.14 bits per heavy atom. The first-order chi connectivity index (χ1) is 13.8. The molecule has 0 fully saturated rings. The molecule has 0 atom stereocenters. The van der Waals surface area contributed by atoms with Crippen molar-refractivity contribution in [2.24, 2.45) is 4.99 Å². The van der Waals surface area contributed by atoms with Gasteiger partial charge in [-0.1, -0.05) is 12.1 Å². The van der Waals surface area contributed by atoms with Gasteiger partial charge in [0.25, 0.3) is 0 Å². The number of guanidine groups is 1. The van der Waals surface area contributed by atoms with Gasteiger partial charge in [0.2, 0.25) is 0 Å². The summed E-state index contributed by atoms with van der Waals surface area (Å²) >= 11 is 0. The molecule has 1 aliphatic rings. The molecule has 0 saturated heterocycles. The van der Waals surface area contributed by atoms with Crippen LogP contribution < -0.4 is 10.6 Å². The van der Waals surface area contributed by atoms with Crippen LogP contribution in [0.3, 0.4) is 0 Å². The molecular weight excluding hydrogens is 479 g/mol. The molecular formula is C21H27IN6O. The Morgan fingerprint density at radius 2 is 2.00 bits per heavy atom. The molecule has 0 aliphatic heterocycles. The zero-order valence-electron chi connectivity index (χ0n) is 16.6. The van der Waals surface area contributed by atoms with E-state index in [0.29, 0.717) is 24.8 Å². The number of benzene rings is 1. The highest BCUT2D eigenvalue weighted by Gasteiger charge is 2.16. The van der Waals surface area contributed by atoms with E-state index < -0.39 is 0 Å². The van der Waals surface area contributed by atoms with Crippen molar-refractivity contribution in [1.82, 2.24) is 25.2 Å². The molecule has 1 aromatic carbocycles. The Balaban J connectivity index is 0.00000240. The number of fused-ring (bicyclic) bond motifs is 2. The summed E-state index contributed by atoms with van der Waals surface area (Å²) in [4.78, 5) is 4.71. The molecule has 2 aromatic heterocycles. The second kappa shape index (κ2) is 9.91. The lowest BCUT2D eigenvalue weighted by Crippen LogP contribution is -2.37. The number of aromatic nitrogens is 3. The minimum Gasteiger partial charge on any atom is -0.508 e. The van der Waals surface area contributed by atoms with Gasteiger partial charge in [0.05, 0.1) is 13.1 Å². The number of hydrogen-bond donors (Lipinski definition) is 3. The molecule has 0 saturated carbocycles. The van der Waals surface area contributed by atoms with Crippen LogP contribution in [0, 0.1) is 0 Å². The highest BCUT2D eigenvalue weighted by atomic mass is 127. The highest BCUT2D eigenvalue weighted by molar-refractivity contribution is 14.0. The van der Waals surface area contributed by atoms with Crippen molar-refractivity contribution >= 4 is 35.6 Å². The predicted molar refractivity (Wildman–Crippen MR) is 125 cm³/mol. The molecule has 0 amide bonds. The molecule has 154 valence electrons. The fourth-order valence-corrected chi connectivity index (χ4v) is 3.74. The Bertz CT molecular complexity index is 1000. The lowest BCUT2D eigenvalue weighted by Gasteiger charge is -2.20. The minimum atomic E-state index is 0. The monoisotopic (exact) mass is 506 g/mol. The molecule has 0 bridgehead atoms. The molecule has 3 N–H and O–H groups in total. The number of aliphatic imine (C=N–C) groups is 1. The second-order valence-electron chi connectivity index (χ2n) is 7.00. The van der Waals surface area contributed by atoms with Crippen LogP contribution >= 0.6 is 24.0 Å². The molecule has 0 spiro atoms. The van der Waals surface area contributed by atoms with Crippen molar-refractivity contribution in [3.63, 3.8) is 0 Å². The topological polar surface area (TPSA) is 86.8 Å². The third-order valence-corrected chi connectivity index (χ3v) is 5.16. The van der Waals surface area contributed by atoms with Crippen molar-refractivity contribution in [2.75, 3.05) is 6.54 Å². The molecule has 7 nitrogen and oxygen atoms in total. The molecule has 0 radical (unpaired) electrons. The van der Waals surface area contributed by atoms with Gasteiger partial charge in [-0.25, -0.2) is 4.99 Å². The zero-order chi connectivity index (χ0) is 19.3. The van der Waals surface area contributed by atoms with Crippen LogP contribution in [-0.4, -0.2) is 32.2 Å². The van der Waals surface area contributed by atoms with E-state index in [4.69, 9.17) is 4.99 Å². The second-order valence-corrected chi connectivity index (χ2v) is 7.00. The Kier molecular flexibility index (Phi) is 7.29. The van der Waals surface area contributed by atoms with Gasteiger partial charge in [0.15, 0.2) is 17.4 Å². The number of phenolic OH excluding ortho intramolecular Hbond substituents is 1. The van der Waals surface area contributed by atoms with Crippen molar-refractivity contribution in [3.8, 4) is 5.75 Å². The van der Waals surface area contributed by atoms with E-state index in [1.54, 1.807) is 6.07 Å². The third kappa shape index (κ3) is 4.80. The fraction of sp³-hybridized carbons (Fsp3) is 0.381. The summed E-state index contributed by atoms with van der Waals surface area (Å²) < 4.78 is 1.95. The number of hydrogen-bond acceptors (Lipinski definition) is 4. The first kappa shape index (κ1) is 21.4. The smallest absolute Gasteiger partial charge is 0.191 e. The molecule has 1 aliphatic carbocycles. The van der Waals surface area contributed by atoms with Gasteiger partial charge in [0.1, 0.15) is 5.75 Å². The SMILES string of the molecule is CCNC(=NCc1c(O)ccc2c1CCCC2)NCc1nnc2ccccn12.I. The van der Waals surface area contributed by atoms with Crippen LogP contribution in [0.25, 0.3) is 5.65 Å². The fourth-order valence-electron chi connectivity index (χ4n) is 3.74. The lowest BCUT2D eigenvalue weighted by atomic mass is 9.88. The molecule has 3 aromatic rings. The number of halogens is 1. The largest absolute Gasteiger partial charge is 0.508 e. The van der Waals surface area contributed by atoms with E-state index in [1.807, 2.05) is 35.7 Å². The van der Waals surface area contributed by atoms with Gasteiger partial charge < -0.3 is 15.7 Å². The summed E-state index contributed by atoms with van der Waals surface area (Å²) in [7, 11) is 0. The Hall–Kier alpha value is -2.36. The number of phenols is 1. The van der Waals surface area contributed by atoms with E-state index >= 15 is 0 Å². The first-order valence-corrected chi connectivity index (χ1v) is 9.89. The summed E-state index contributed by atoms with van der Waals surface area (Å²) in [5, 5.41) is 25.4. The van der Waals surface area contributed by atoms with Gasteiger partial charge in [-0.2, -0.15) is 0 Å². The summed E-state index contributed by atoms with van der Waals surface area (Å²) in [6.07, 6.45) is 6.45. The predicted octanol–water partition coefficient (Wildman–Crippen LogP) is 3.19. The van der Waals surface area contributed by atoms with E-state index in [0.717, 1.165) is 36.4 Å². The van der Waals surface area contributed by atoms with Crippen molar-refractivity contribution in [1.29, 1.82) is 0 Å². The highest BCUT2D eigenvalue weighted by Crippen LogP contribution is 2.31. The van der Waals surface area contributed by atoms with E-state index in [-0.39, 0.29) is 24.0 Å². The number of rotatable bonds is 5. The Morgan fingerprint density at radius 3 is 2.86 bits per heavy atom. The lowest BCUT2D eigenvalue weighted by molar-refractivity contribution is 0.465. The summed E-state index contributed by atoms with van der Waals surface area (Å²) in [6, 6.07) is 9.69. The molecule has 29 heavy (non-hydrogen) atoms. The van der Waals surface area contributed by atoms with Gasteiger partial charge in [-0.3, -0.25) is 4.40 Å². The molecule has 2 heterocycles. The quantitative estimate of drug-likeness (QED) is 0.281. The van der Waals surface area contributed by atoms with E-state index in [1.165, 1.54) is 24.0 Å². The van der Waals surface area contributed by atoms with Gasteiger partial charge in [0, 0.05) is 18.3 Å². The standard InChI is InChI=1S/C21H26N6O.HI/c1-2-22-21(24-14-20-26-25-19-9-5-6-12-27(19)20)23-13-17-16-8-4-3-7-15(16)10-11-18(17)28;/h5-6,9-12,28H,2-4,7-8,13-14H2,1H3,(H2,22,23,24);1H. The molecule has 8 heteroatoms. The minimum absolute atomic E-state index is 0. The maximum absolute atomic E-state index is 10.4. The number of nitrogens with one attached hydrogen (secondary N) is 2. The Labute approximate surface area is 187 Å². The maximum atomic E-state index is 10.4. The zero-order valence-corrected chi connectivity index (χ0v) is 18.9. The van der Waals surface area contributed by atoms with E-state index in [9.17, 15) is 5.11 Å². The van der Waals surface area contributed by atoms with Crippen LogP contribution in [0.5, 0.6) is 5.75 Å². The summed E-state index contributed by atoms with van der Waals surface area (Å²) in [5.74, 6) is 1.85. The van der Waals surface area contributed by atoms with Crippen LogP contribution in [0.1, 0.15) is 42.3 Å². The van der Waals surface area contributed by atoms with Crippen LogP contribution in [0.2, 0.25) is 0 Å². The van der Waals surface area contributed by atoms with Gasteiger partial charge in [-0.15, -0.1) is 34.2 Å². The van der Waals surface area contributed by atoms with Crippen molar-refractivity contribution < 1.29 is 5.11 Å². The maximum Gasteiger partial charge on any atom is 0.191 e. The van der Waals surface area contributed by atoms with Crippen LogP contribution in [-0.2, 0) is 25.9 Å². The average molecular weight is 506 g/mol. The number of nitrogens with zero attached hydrogens (tertiary/aromatic N) is 4. The van der Waals surface area contributed by atoms with Crippen LogP contribution in [0.4, 0.5) is 0 Å². The molecule has 4 rings (SSSR count).